The van der Waals surface area contributed by atoms with Crippen LogP contribution >= 0.6 is 32.9 Å². The number of hydrogen-bond acceptors (Lipinski definition) is 1. The van der Waals surface area contributed by atoms with Crippen LogP contribution in [0.15, 0.2) is 71.3 Å². The average Bonchev–Trinajstić information content (AvgIpc) is 2.48. The van der Waals surface area contributed by atoms with E-state index in [0.29, 0.717) is 6.54 Å². The number of benzene rings is 2. The van der Waals surface area contributed by atoms with Gasteiger partial charge < -0.3 is 0 Å². The van der Waals surface area contributed by atoms with Crippen LogP contribution in [0.25, 0.3) is 10.9 Å². The van der Waals surface area contributed by atoms with E-state index >= 15 is 0 Å². The van der Waals surface area contributed by atoms with Crippen molar-refractivity contribution in [2.45, 2.75) is 6.54 Å². The molecule has 0 N–H and O–H groups in total. The van der Waals surface area contributed by atoms with Crippen LogP contribution in [-0.2, 0) is 6.54 Å². The summed E-state index contributed by atoms with van der Waals surface area (Å²) in [5.74, 6) is 0.110. The van der Waals surface area contributed by atoms with E-state index in [4.69, 9.17) is 0 Å². The summed E-state index contributed by atoms with van der Waals surface area (Å²) in [6.45, 7) is 0.337. The first-order valence-corrected chi connectivity index (χ1v) is 7.19. The number of ketones is 1. The molecule has 106 valence electrons. The Kier molecular flexibility index (Phi) is 5.26. The fourth-order valence-corrected chi connectivity index (χ4v) is 2.77. The molecule has 0 atom stereocenters. The van der Waals surface area contributed by atoms with Crippen LogP contribution < -0.4 is 4.57 Å². The van der Waals surface area contributed by atoms with Gasteiger partial charge in [-0.1, -0.05) is 42.5 Å². The second kappa shape index (κ2) is 6.96. The van der Waals surface area contributed by atoms with E-state index < -0.39 is 0 Å². The van der Waals surface area contributed by atoms with Gasteiger partial charge in [0.25, 0.3) is 0 Å². The summed E-state index contributed by atoms with van der Waals surface area (Å²) in [5, 5.41) is 1.11. The molecule has 0 aliphatic heterocycles. The highest BCUT2D eigenvalue weighted by Gasteiger charge is 2.16. The monoisotopic (exact) mass is 406 g/mol. The van der Waals surface area contributed by atoms with Crippen LogP contribution in [0.4, 0.5) is 0 Å². The molecule has 0 radical (unpaired) electrons. The van der Waals surface area contributed by atoms with Gasteiger partial charge in [0.2, 0.25) is 17.8 Å². The van der Waals surface area contributed by atoms with E-state index in [2.05, 4.69) is 22.0 Å². The molecule has 1 aromatic heterocycles. The molecule has 2 aromatic carbocycles. The zero-order valence-corrected chi connectivity index (χ0v) is 14.5. The molecule has 3 aromatic rings. The van der Waals surface area contributed by atoms with Crippen molar-refractivity contribution in [1.82, 2.24) is 0 Å². The fraction of sp³-hybridized carbons (Fsp3) is 0.0588. The summed E-state index contributed by atoms with van der Waals surface area (Å²) >= 11 is 3.50. The Morgan fingerprint density at radius 1 is 1.00 bits per heavy atom. The van der Waals surface area contributed by atoms with E-state index in [0.717, 1.165) is 20.9 Å². The van der Waals surface area contributed by atoms with E-state index in [1.165, 1.54) is 0 Å². The molecule has 2 nitrogen and oxygen atoms in total. The molecule has 0 saturated carbocycles. The molecule has 0 bridgehead atoms. The van der Waals surface area contributed by atoms with Crippen molar-refractivity contribution < 1.29 is 9.36 Å². The van der Waals surface area contributed by atoms with Crippen LogP contribution in [0, 0.1) is 0 Å². The van der Waals surface area contributed by atoms with Crippen LogP contribution in [0.5, 0.6) is 0 Å². The van der Waals surface area contributed by atoms with Gasteiger partial charge >= 0.3 is 0 Å². The maximum absolute atomic E-state index is 12.3. The highest BCUT2D eigenvalue weighted by atomic mass is 79.9. The Hall–Kier alpha value is -1.52. The van der Waals surface area contributed by atoms with Crippen LogP contribution in [0.2, 0.25) is 0 Å². The van der Waals surface area contributed by atoms with Crippen LogP contribution in [0.1, 0.15) is 10.4 Å². The number of fused-ring (bicyclic) bond motifs is 1. The summed E-state index contributed by atoms with van der Waals surface area (Å²) < 4.78 is 2.95. The van der Waals surface area contributed by atoms with Gasteiger partial charge in [-0.3, -0.25) is 4.79 Å². The van der Waals surface area contributed by atoms with E-state index in [9.17, 15) is 4.79 Å². The molecule has 0 fully saturated rings. The molecule has 0 saturated heterocycles. The van der Waals surface area contributed by atoms with E-state index in [1.54, 1.807) is 0 Å². The number of rotatable bonds is 3. The average molecular weight is 408 g/mol. The van der Waals surface area contributed by atoms with E-state index in [1.807, 2.05) is 65.4 Å². The molecular formula is C17H14Br2NO+. The first-order valence-electron chi connectivity index (χ1n) is 6.40. The minimum absolute atomic E-state index is 0. The predicted molar refractivity (Wildman–Crippen MR) is 92.9 cm³/mol. The fourth-order valence-electron chi connectivity index (χ4n) is 2.28. The van der Waals surface area contributed by atoms with Crippen molar-refractivity contribution in [3.05, 3.63) is 76.9 Å². The summed E-state index contributed by atoms with van der Waals surface area (Å²) in [7, 11) is 0. The van der Waals surface area contributed by atoms with Gasteiger partial charge in [0.05, 0.1) is 4.47 Å². The van der Waals surface area contributed by atoms with Crippen LogP contribution in [0.3, 0.4) is 0 Å². The predicted octanol–water partition coefficient (Wildman–Crippen LogP) is 4.35. The quantitative estimate of drug-likeness (QED) is 0.467. The number of para-hydroxylation sites is 1. The minimum Gasteiger partial charge on any atom is -0.287 e. The molecule has 0 spiro atoms. The standard InChI is InChI=1S/C17H13BrNO.BrH/c18-15-10-14-8-4-5-9-16(14)19(11-15)12-17(20)13-6-2-1-3-7-13;/h1-11H,12H2;1H/q+1;. The van der Waals surface area contributed by atoms with Crippen molar-refractivity contribution in [3.63, 3.8) is 0 Å². The van der Waals surface area contributed by atoms with Gasteiger partial charge in [0.1, 0.15) is 0 Å². The zero-order chi connectivity index (χ0) is 13.9. The lowest BCUT2D eigenvalue weighted by molar-refractivity contribution is -0.657. The number of Topliss-reactive ketones (excluding diaryl/α,β-unsaturated/α-hetero) is 1. The number of carbonyl (C=O) groups excluding carboxylic acids is 1. The molecule has 4 heteroatoms. The first kappa shape index (κ1) is 15.9. The molecule has 0 unspecified atom stereocenters. The summed E-state index contributed by atoms with van der Waals surface area (Å²) in [6, 6.07) is 19.5. The first-order chi connectivity index (χ1) is 9.74. The Labute approximate surface area is 142 Å². The smallest absolute Gasteiger partial charge is 0.227 e. The molecular weight excluding hydrogens is 394 g/mol. The topological polar surface area (TPSA) is 20.9 Å². The van der Waals surface area contributed by atoms with Gasteiger partial charge in [0, 0.05) is 17.0 Å². The van der Waals surface area contributed by atoms with Crippen molar-refractivity contribution in [3.8, 4) is 0 Å². The lowest BCUT2D eigenvalue weighted by Crippen LogP contribution is -2.38. The second-order valence-corrected chi connectivity index (χ2v) is 5.55. The van der Waals surface area contributed by atoms with Crippen molar-refractivity contribution >= 4 is 49.6 Å². The number of carbonyl (C=O) groups is 1. The Morgan fingerprint density at radius 2 is 1.67 bits per heavy atom. The lowest BCUT2D eigenvalue weighted by Gasteiger charge is -2.02. The Morgan fingerprint density at radius 3 is 2.43 bits per heavy atom. The summed E-state index contributed by atoms with van der Waals surface area (Å²) in [6.07, 6.45) is 1.95. The molecule has 0 aliphatic rings. The third-order valence-corrected chi connectivity index (χ3v) is 3.66. The van der Waals surface area contributed by atoms with E-state index in [-0.39, 0.29) is 22.8 Å². The lowest BCUT2D eigenvalue weighted by atomic mass is 10.1. The molecule has 3 rings (SSSR count). The zero-order valence-electron chi connectivity index (χ0n) is 11.2. The largest absolute Gasteiger partial charge is 0.287 e. The Bertz CT molecular complexity index is 772. The molecule has 0 aliphatic carbocycles. The minimum atomic E-state index is 0. The van der Waals surface area contributed by atoms with Gasteiger partial charge in [-0.25, -0.2) is 0 Å². The number of aromatic nitrogens is 1. The number of halogens is 2. The SMILES string of the molecule is Br.O=C(C[n+]1cc(Br)cc2ccccc21)c1ccccc1. The van der Waals surface area contributed by atoms with Crippen molar-refractivity contribution in [2.75, 3.05) is 0 Å². The number of nitrogens with zero attached hydrogens (tertiary/aromatic N) is 1. The summed E-state index contributed by atoms with van der Waals surface area (Å²) in [4.78, 5) is 12.3. The third kappa shape index (κ3) is 3.57. The number of pyridine rings is 1. The van der Waals surface area contributed by atoms with Crippen molar-refractivity contribution in [1.29, 1.82) is 0 Å². The maximum atomic E-state index is 12.3. The van der Waals surface area contributed by atoms with Gasteiger partial charge in [-0.15, -0.1) is 17.0 Å². The van der Waals surface area contributed by atoms with Gasteiger partial charge in [-0.05, 0) is 28.1 Å². The highest BCUT2D eigenvalue weighted by molar-refractivity contribution is 9.10. The third-order valence-electron chi connectivity index (χ3n) is 3.23. The maximum Gasteiger partial charge on any atom is 0.227 e. The Balaban J connectivity index is 0.00000161. The molecule has 0 amide bonds. The van der Waals surface area contributed by atoms with Gasteiger partial charge in [0.15, 0.2) is 6.20 Å². The second-order valence-electron chi connectivity index (χ2n) is 4.63. The van der Waals surface area contributed by atoms with Gasteiger partial charge in [-0.2, -0.15) is 4.57 Å². The number of hydrogen-bond donors (Lipinski definition) is 0. The molecule has 21 heavy (non-hydrogen) atoms. The van der Waals surface area contributed by atoms with Crippen LogP contribution in [-0.4, -0.2) is 5.78 Å². The van der Waals surface area contributed by atoms with Crippen molar-refractivity contribution in [2.24, 2.45) is 0 Å². The normalized spacial score (nSPS) is 10.1. The molecule has 1 heterocycles. The summed E-state index contributed by atoms with van der Waals surface area (Å²) in [5.41, 5.74) is 1.80. The highest BCUT2D eigenvalue weighted by Crippen LogP contribution is 2.15.